The molecule has 88 valence electrons. The van der Waals surface area contributed by atoms with Gasteiger partial charge in [-0.1, -0.05) is 6.07 Å². The molecular weight excluding hydrogens is 208 g/mol. The highest BCUT2D eigenvalue weighted by Crippen LogP contribution is 1.96. The molecule has 1 aromatic rings. The Hall–Kier alpha value is -1.46. The number of hydrogen-bond donors (Lipinski definition) is 2. The Labute approximate surface area is 94.5 Å². The van der Waals surface area contributed by atoms with Crippen LogP contribution in [0.25, 0.3) is 0 Å². The van der Waals surface area contributed by atoms with Gasteiger partial charge in [0.05, 0.1) is 19.6 Å². The minimum absolute atomic E-state index is 0.0105. The molecule has 16 heavy (non-hydrogen) atoms. The molecule has 0 radical (unpaired) electrons. The minimum atomic E-state index is -0.718. The number of esters is 1. The summed E-state index contributed by atoms with van der Waals surface area (Å²) in [6.07, 6.45) is 2.75. The van der Waals surface area contributed by atoms with Crippen molar-refractivity contribution in [3.63, 3.8) is 0 Å². The molecule has 1 aromatic heterocycles. The van der Waals surface area contributed by atoms with E-state index in [1.54, 1.807) is 12.4 Å². The second-order valence-corrected chi connectivity index (χ2v) is 3.43. The van der Waals surface area contributed by atoms with E-state index in [0.29, 0.717) is 13.1 Å². The van der Waals surface area contributed by atoms with Crippen LogP contribution < -0.4 is 5.32 Å². The van der Waals surface area contributed by atoms with Crippen molar-refractivity contribution in [1.82, 2.24) is 10.3 Å². The third kappa shape index (κ3) is 4.86. The summed E-state index contributed by atoms with van der Waals surface area (Å²) >= 11 is 0. The van der Waals surface area contributed by atoms with E-state index in [0.717, 1.165) is 5.56 Å². The van der Waals surface area contributed by atoms with Gasteiger partial charge in [0.25, 0.3) is 0 Å². The summed E-state index contributed by atoms with van der Waals surface area (Å²) in [5.41, 5.74) is 1.03. The van der Waals surface area contributed by atoms with E-state index < -0.39 is 12.1 Å². The predicted octanol–water partition coefficient (Wildman–Crippen LogP) is 0.0952. The molecule has 1 atom stereocenters. The first-order valence-corrected chi connectivity index (χ1v) is 5.07. The van der Waals surface area contributed by atoms with E-state index in [9.17, 15) is 9.90 Å². The van der Waals surface area contributed by atoms with Gasteiger partial charge < -0.3 is 15.2 Å². The van der Waals surface area contributed by atoms with Crippen molar-refractivity contribution in [2.45, 2.75) is 19.1 Å². The fourth-order valence-electron chi connectivity index (χ4n) is 1.23. The van der Waals surface area contributed by atoms with Crippen molar-refractivity contribution in [1.29, 1.82) is 0 Å². The van der Waals surface area contributed by atoms with Gasteiger partial charge in [0.1, 0.15) is 0 Å². The molecule has 0 amide bonds. The van der Waals surface area contributed by atoms with E-state index in [4.69, 9.17) is 0 Å². The number of methoxy groups -OCH3 is 1. The summed E-state index contributed by atoms with van der Waals surface area (Å²) in [6, 6.07) is 3.79. The Morgan fingerprint density at radius 1 is 1.69 bits per heavy atom. The summed E-state index contributed by atoms with van der Waals surface area (Å²) in [5.74, 6) is -0.407. The monoisotopic (exact) mass is 224 g/mol. The number of carbonyl (C=O) groups excluding carboxylic acids is 1. The SMILES string of the molecule is COC(=O)CC(O)CNCc1cccnc1. The third-order valence-corrected chi connectivity index (χ3v) is 2.06. The average Bonchev–Trinajstić information content (AvgIpc) is 2.30. The van der Waals surface area contributed by atoms with Crippen LogP contribution in [0.3, 0.4) is 0 Å². The number of nitrogens with one attached hydrogen (secondary N) is 1. The van der Waals surface area contributed by atoms with Gasteiger partial charge in [0.2, 0.25) is 0 Å². The Morgan fingerprint density at radius 3 is 3.12 bits per heavy atom. The number of hydrogen-bond acceptors (Lipinski definition) is 5. The molecule has 1 heterocycles. The number of rotatable bonds is 6. The number of aliphatic hydroxyl groups excluding tert-OH is 1. The van der Waals surface area contributed by atoms with E-state index in [1.165, 1.54) is 7.11 Å². The second-order valence-electron chi connectivity index (χ2n) is 3.43. The lowest BCUT2D eigenvalue weighted by Crippen LogP contribution is -2.28. The van der Waals surface area contributed by atoms with Gasteiger partial charge in [-0.2, -0.15) is 0 Å². The molecule has 2 N–H and O–H groups in total. The van der Waals surface area contributed by atoms with Gasteiger partial charge in [0, 0.05) is 25.5 Å². The smallest absolute Gasteiger partial charge is 0.308 e. The van der Waals surface area contributed by atoms with Crippen molar-refractivity contribution < 1.29 is 14.6 Å². The summed E-state index contributed by atoms with van der Waals surface area (Å²) in [6.45, 7) is 0.968. The number of aromatic nitrogens is 1. The van der Waals surface area contributed by atoms with Crippen molar-refractivity contribution >= 4 is 5.97 Å². The Kier molecular flexibility index (Phi) is 5.45. The molecule has 0 aliphatic heterocycles. The lowest BCUT2D eigenvalue weighted by Gasteiger charge is -2.10. The van der Waals surface area contributed by atoms with Crippen molar-refractivity contribution in [3.05, 3.63) is 30.1 Å². The number of pyridine rings is 1. The quantitative estimate of drug-likeness (QED) is 0.670. The minimum Gasteiger partial charge on any atom is -0.469 e. The highest BCUT2D eigenvalue weighted by atomic mass is 16.5. The lowest BCUT2D eigenvalue weighted by molar-refractivity contribution is -0.142. The van der Waals surface area contributed by atoms with Crippen LogP contribution in [0.2, 0.25) is 0 Å². The standard InChI is InChI=1S/C11H16N2O3/c1-16-11(15)5-10(14)8-13-7-9-3-2-4-12-6-9/h2-4,6,10,13-14H,5,7-8H2,1H3. The van der Waals surface area contributed by atoms with Crippen LogP contribution >= 0.6 is 0 Å². The fraction of sp³-hybridized carbons (Fsp3) is 0.455. The summed E-state index contributed by atoms with van der Waals surface area (Å²) in [4.78, 5) is 14.8. The molecule has 1 rings (SSSR count). The van der Waals surface area contributed by atoms with Crippen LogP contribution in [0.4, 0.5) is 0 Å². The molecule has 0 spiro atoms. The Balaban J connectivity index is 2.18. The zero-order valence-electron chi connectivity index (χ0n) is 9.22. The number of nitrogens with zero attached hydrogens (tertiary/aromatic N) is 1. The van der Waals surface area contributed by atoms with Gasteiger partial charge in [-0.05, 0) is 11.6 Å². The molecule has 0 saturated heterocycles. The molecule has 0 fully saturated rings. The molecule has 0 aliphatic carbocycles. The van der Waals surface area contributed by atoms with Gasteiger partial charge in [-0.25, -0.2) is 0 Å². The molecule has 5 nitrogen and oxygen atoms in total. The Morgan fingerprint density at radius 2 is 2.50 bits per heavy atom. The van der Waals surface area contributed by atoms with Gasteiger partial charge in [-0.3, -0.25) is 9.78 Å². The van der Waals surface area contributed by atoms with Crippen LogP contribution in [0, 0.1) is 0 Å². The maximum Gasteiger partial charge on any atom is 0.308 e. The van der Waals surface area contributed by atoms with Crippen LogP contribution in [0.15, 0.2) is 24.5 Å². The maximum absolute atomic E-state index is 10.8. The van der Waals surface area contributed by atoms with Gasteiger partial charge in [0.15, 0.2) is 0 Å². The molecule has 5 heteroatoms. The highest BCUT2D eigenvalue weighted by molar-refractivity contribution is 5.69. The Bertz CT molecular complexity index is 316. The largest absolute Gasteiger partial charge is 0.469 e. The van der Waals surface area contributed by atoms with Crippen molar-refractivity contribution in [3.8, 4) is 0 Å². The van der Waals surface area contributed by atoms with Crippen LogP contribution in [0.1, 0.15) is 12.0 Å². The summed E-state index contributed by atoms with van der Waals surface area (Å²) in [5, 5.41) is 12.5. The van der Waals surface area contributed by atoms with E-state index >= 15 is 0 Å². The van der Waals surface area contributed by atoms with Crippen LogP contribution in [0.5, 0.6) is 0 Å². The van der Waals surface area contributed by atoms with E-state index in [-0.39, 0.29) is 6.42 Å². The maximum atomic E-state index is 10.8. The molecule has 0 bridgehead atoms. The van der Waals surface area contributed by atoms with E-state index in [2.05, 4.69) is 15.0 Å². The predicted molar refractivity (Wildman–Crippen MR) is 58.6 cm³/mol. The van der Waals surface area contributed by atoms with Crippen molar-refractivity contribution in [2.24, 2.45) is 0 Å². The zero-order chi connectivity index (χ0) is 11.8. The molecule has 0 aromatic carbocycles. The van der Waals surface area contributed by atoms with Crippen LogP contribution in [-0.4, -0.2) is 35.8 Å². The van der Waals surface area contributed by atoms with E-state index in [1.807, 2.05) is 12.1 Å². The van der Waals surface area contributed by atoms with Crippen molar-refractivity contribution in [2.75, 3.05) is 13.7 Å². The average molecular weight is 224 g/mol. The third-order valence-electron chi connectivity index (χ3n) is 2.06. The summed E-state index contributed by atoms with van der Waals surface area (Å²) < 4.78 is 4.45. The fourth-order valence-corrected chi connectivity index (χ4v) is 1.23. The first-order valence-electron chi connectivity index (χ1n) is 5.07. The number of aliphatic hydroxyl groups is 1. The summed E-state index contributed by atoms with van der Waals surface area (Å²) in [7, 11) is 1.30. The first kappa shape index (κ1) is 12.6. The normalized spacial score (nSPS) is 12.1. The first-order chi connectivity index (χ1) is 7.72. The van der Waals surface area contributed by atoms with Gasteiger partial charge in [-0.15, -0.1) is 0 Å². The molecule has 0 aliphatic rings. The van der Waals surface area contributed by atoms with Crippen LogP contribution in [-0.2, 0) is 16.1 Å². The molecule has 0 saturated carbocycles. The van der Waals surface area contributed by atoms with Gasteiger partial charge >= 0.3 is 5.97 Å². The molecular formula is C11H16N2O3. The zero-order valence-corrected chi connectivity index (χ0v) is 9.22. The lowest BCUT2D eigenvalue weighted by atomic mass is 10.2. The molecule has 1 unspecified atom stereocenters. The topological polar surface area (TPSA) is 71.5 Å². The second kappa shape index (κ2) is 6.92. The number of ether oxygens (including phenoxy) is 1. The number of carbonyl (C=O) groups is 1. The highest BCUT2D eigenvalue weighted by Gasteiger charge is 2.09.